The lowest BCUT2D eigenvalue weighted by Crippen LogP contribution is -2.01. The standard InChI is InChI=1S/C58H33N5O2/c1-2-11-39-35(10-1)31-49(42-13-4-3-12-41(39)42)58-61-56(60-57(62-58)37-23-27-53-48(32-37)45-28-29-59-33-54(45)64-53)34-20-24-38(25-21-34)63-50-18-7-5-14-43(50)47-30-36(22-26-51(47)63)40-16-9-17-46-44-15-6-8-19-52(44)65-55(40)46/h1-33H. The fourth-order valence-corrected chi connectivity index (χ4v) is 9.92. The molecule has 14 rings (SSSR count). The predicted octanol–water partition coefficient (Wildman–Crippen LogP) is 15.1. The van der Waals surface area contributed by atoms with Crippen LogP contribution >= 0.6 is 0 Å². The topological polar surface area (TPSA) is 82.8 Å². The summed E-state index contributed by atoms with van der Waals surface area (Å²) in [6.45, 7) is 0. The summed E-state index contributed by atoms with van der Waals surface area (Å²) >= 11 is 0. The normalized spacial score (nSPS) is 12.0. The van der Waals surface area contributed by atoms with Crippen molar-refractivity contribution >= 4 is 87.2 Å². The van der Waals surface area contributed by atoms with Crippen LogP contribution in [0.25, 0.3) is 138 Å². The molecular weight excluding hydrogens is 799 g/mol. The number of hydrogen-bond donors (Lipinski definition) is 0. The summed E-state index contributed by atoms with van der Waals surface area (Å²) in [7, 11) is 0. The molecule has 5 aromatic heterocycles. The lowest BCUT2D eigenvalue weighted by atomic mass is 9.97. The van der Waals surface area contributed by atoms with E-state index < -0.39 is 0 Å². The number of hydrogen-bond acceptors (Lipinski definition) is 6. The SMILES string of the molecule is c1ccc2c(c1)cc(-c1nc(-c3ccc(-n4c5ccccc5c5cc(-c6cccc7c6oc6ccccc67)ccc54)cc3)nc(-c3ccc4oc5cnccc5c4c3)n1)c1ccccc12. The van der Waals surface area contributed by atoms with Gasteiger partial charge in [0.1, 0.15) is 16.7 Å². The molecule has 7 nitrogen and oxygen atoms in total. The van der Waals surface area contributed by atoms with Gasteiger partial charge in [-0.15, -0.1) is 0 Å². The molecule has 0 bridgehead atoms. The molecule has 0 radical (unpaired) electrons. The molecule has 0 aliphatic carbocycles. The Morgan fingerprint density at radius 3 is 1.89 bits per heavy atom. The highest BCUT2D eigenvalue weighted by molar-refractivity contribution is 6.15. The first-order valence-electron chi connectivity index (χ1n) is 21.7. The Balaban J connectivity index is 0.923. The van der Waals surface area contributed by atoms with Gasteiger partial charge in [0.05, 0.1) is 17.2 Å². The van der Waals surface area contributed by atoms with Crippen molar-refractivity contribution in [2.24, 2.45) is 0 Å². The maximum atomic E-state index is 6.46. The zero-order valence-corrected chi connectivity index (χ0v) is 34.6. The van der Waals surface area contributed by atoms with Gasteiger partial charge in [-0.25, -0.2) is 15.0 Å². The van der Waals surface area contributed by atoms with Crippen LogP contribution in [0.3, 0.4) is 0 Å². The minimum absolute atomic E-state index is 0.577. The molecule has 14 aromatic rings. The Hall–Kier alpha value is -8.94. The highest BCUT2D eigenvalue weighted by Crippen LogP contribution is 2.41. The van der Waals surface area contributed by atoms with Gasteiger partial charge in [0.15, 0.2) is 23.1 Å². The summed E-state index contributed by atoms with van der Waals surface area (Å²) in [5.74, 6) is 1.77. The van der Waals surface area contributed by atoms with Crippen LogP contribution in [0.5, 0.6) is 0 Å². The number of furan rings is 2. The molecule has 0 N–H and O–H groups in total. The number of nitrogens with zero attached hydrogens (tertiary/aromatic N) is 5. The van der Waals surface area contributed by atoms with Crippen molar-refractivity contribution in [3.05, 3.63) is 200 Å². The van der Waals surface area contributed by atoms with E-state index in [4.69, 9.17) is 23.8 Å². The third-order valence-electron chi connectivity index (χ3n) is 12.9. The van der Waals surface area contributed by atoms with Crippen LogP contribution in [0.15, 0.2) is 209 Å². The zero-order chi connectivity index (χ0) is 42.6. The fourth-order valence-electron chi connectivity index (χ4n) is 9.92. The van der Waals surface area contributed by atoms with Gasteiger partial charge in [-0.05, 0) is 106 Å². The molecule has 0 unspecified atom stereocenters. The summed E-state index contributed by atoms with van der Waals surface area (Å²) < 4.78 is 14.9. The van der Waals surface area contributed by atoms with E-state index in [-0.39, 0.29) is 0 Å². The molecule has 5 heterocycles. The lowest BCUT2D eigenvalue weighted by Gasteiger charge is -2.13. The zero-order valence-electron chi connectivity index (χ0n) is 34.6. The Morgan fingerprint density at radius 2 is 1.00 bits per heavy atom. The number of aromatic nitrogens is 5. The maximum absolute atomic E-state index is 6.46. The van der Waals surface area contributed by atoms with E-state index in [1.54, 1.807) is 12.4 Å². The highest BCUT2D eigenvalue weighted by atomic mass is 16.3. The average Bonchev–Trinajstić information content (AvgIpc) is 4.05. The predicted molar refractivity (Wildman–Crippen MR) is 263 cm³/mol. The smallest absolute Gasteiger partial charge is 0.164 e. The number of para-hydroxylation sites is 3. The van der Waals surface area contributed by atoms with Crippen LogP contribution in [-0.2, 0) is 0 Å². The molecule has 9 aromatic carbocycles. The number of fused-ring (bicyclic) bond motifs is 12. The minimum Gasteiger partial charge on any atom is -0.455 e. The van der Waals surface area contributed by atoms with Crippen molar-refractivity contribution in [2.45, 2.75) is 0 Å². The minimum atomic E-state index is 0.577. The molecule has 0 aliphatic heterocycles. The van der Waals surface area contributed by atoms with Crippen LogP contribution < -0.4 is 0 Å². The van der Waals surface area contributed by atoms with Gasteiger partial charge < -0.3 is 13.4 Å². The molecule has 0 fully saturated rings. The largest absolute Gasteiger partial charge is 0.455 e. The Labute approximate surface area is 370 Å². The third kappa shape index (κ3) is 5.49. The second-order valence-electron chi connectivity index (χ2n) is 16.6. The van der Waals surface area contributed by atoms with Gasteiger partial charge in [0.25, 0.3) is 0 Å². The van der Waals surface area contributed by atoms with Crippen molar-refractivity contribution < 1.29 is 8.83 Å². The second kappa shape index (κ2) is 13.8. The summed E-state index contributed by atoms with van der Waals surface area (Å²) in [4.78, 5) is 20.0. The molecule has 0 spiro atoms. The molecule has 0 amide bonds. The lowest BCUT2D eigenvalue weighted by molar-refractivity contribution is 0.667. The van der Waals surface area contributed by atoms with Crippen LogP contribution in [0, 0.1) is 0 Å². The Morgan fingerprint density at radius 1 is 0.354 bits per heavy atom. The fraction of sp³-hybridized carbons (Fsp3) is 0. The molecular formula is C58H33N5O2. The van der Waals surface area contributed by atoms with Crippen LogP contribution in [0.4, 0.5) is 0 Å². The van der Waals surface area contributed by atoms with Crippen LogP contribution in [0.2, 0.25) is 0 Å². The van der Waals surface area contributed by atoms with E-state index in [1.165, 1.54) is 16.2 Å². The summed E-state index contributed by atoms with van der Waals surface area (Å²) in [5.41, 5.74) is 11.5. The number of pyridine rings is 1. The van der Waals surface area contributed by atoms with E-state index in [9.17, 15) is 0 Å². The van der Waals surface area contributed by atoms with E-state index in [2.05, 4.69) is 167 Å². The summed E-state index contributed by atoms with van der Waals surface area (Å²) in [6.07, 6.45) is 3.54. The van der Waals surface area contributed by atoms with Crippen molar-refractivity contribution in [1.29, 1.82) is 0 Å². The summed E-state index contributed by atoms with van der Waals surface area (Å²) in [6, 6.07) is 65.9. The molecule has 7 heteroatoms. The van der Waals surface area contributed by atoms with E-state index >= 15 is 0 Å². The van der Waals surface area contributed by atoms with Crippen LogP contribution in [-0.4, -0.2) is 24.5 Å². The monoisotopic (exact) mass is 831 g/mol. The first-order chi connectivity index (χ1) is 32.2. The summed E-state index contributed by atoms with van der Waals surface area (Å²) in [5, 5.41) is 11.1. The average molecular weight is 832 g/mol. The van der Waals surface area contributed by atoms with Gasteiger partial charge in [-0.1, -0.05) is 109 Å². The maximum Gasteiger partial charge on any atom is 0.164 e. The van der Waals surface area contributed by atoms with E-state index in [1.807, 2.05) is 30.3 Å². The van der Waals surface area contributed by atoms with Crippen molar-refractivity contribution in [3.63, 3.8) is 0 Å². The third-order valence-corrected chi connectivity index (χ3v) is 12.9. The highest BCUT2D eigenvalue weighted by Gasteiger charge is 2.20. The second-order valence-corrected chi connectivity index (χ2v) is 16.6. The van der Waals surface area contributed by atoms with Crippen LogP contribution in [0.1, 0.15) is 0 Å². The molecule has 0 aliphatic rings. The number of benzene rings is 9. The van der Waals surface area contributed by atoms with Crippen molar-refractivity contribution in [1.82, 2.24) is 24.5 Å². The Kier molecular flexibility index (Phi) is 7.55. The molecule has 0 atom stereocenters. The van der Waals surface area contributed by atoms with E-state index in [0.29, 0.717) is 17.5 Å². The molecule has 0 saturated heterocycles. The first kappa shape index (κ1) is 35.6. The van der Waals surface area contributed by atoms with Gasteiger partial charge in [0, 0.05) is 66.5 Å². The quantitative estimate of drug-likeness (QED) is 0.161. The molecule has 0 saturated carbocycles. The van der Waals surface area contributed by atoms with Gasteiger partial charge in [0.2, 0.25) is 0 Å². The van der Waals surface area contributed by atoms with Gasteiger partial charge in [-0.2, -0.15) is 0 Å². The van der Waals surface area contributed by atoms with Crippen molar-refractivity contribution in [2.75, 3.05) is 0 Å². The number of rotatable bonds is 5. The van der Waals surface area contributed by atoms with Crippen molar-refractivity contribution in [3.8, 4) is 51.0 Å². The van der Waals surface area contributed by atoms with Gasteiger partial charge in [-0.3, -0.25) is 4.98 Å². The first-order valence-corrected chi connectivity index (χ1v) is 21.7. The molecule has 302 valence electrons. The van der Waals surface area contributed by atoms with Gasteiger partial charge >= 0.3 is 0 Å². The molecule has 65 heavy (non-hydrogen) atoms. The Bertz CT molecular complexity index is 4260. The van der Waals surface area contributed by atoms with E-state index in [0.717, 1.165) is 105 Å².